The molecule has 0 heterocycles. The molecule has 0 fully saturated rings. The zero-order valence-corrected chi connectivity index (χ0v) is 13.6. The highest BCUT2D eigenvalue weighted by atomic mass is 17.1. The van der Waals surface area contributed by atoms with Crippen LogP contribution in [0, 0.1) is 6.92 Å². The van der Waals surface area contributed by atoms with E-state index in [-0.39, 0.29) is 0 Å². The first-order valence-corrected chi connectivity index (χ1v) is 7.27. The monoisotopic (exact) mass is 330 g/mol. The van der Waals surface area contributed by atoms with E-state index >= 15 is 0 Å². The number of hydrogen-bond acceptors (Lipinski definition) is 6. The number of methoxy groups -OCH3 is 1. The summed E-state index contributed by atoms with van der Waals surface area (Å²) in [6.45, 7) is 3.41. The summed E-state index contributed by atoms with van der Waals surface area (Å²) in [5, 5.41) is 8.64. The van der Waals surface area contributed by atoms with Crippen molar-refractivity contribution in [2.24, 2.45) is 0 Å². The average molecular weight is 330 g/mol. The zero-order valence-electron chi connectivity index (χ0n) is 13.6. The van der Waals surface area contributed by atoms with Gasteiger partial charge in [0.1, 0.15) is 11.9 Å². The highest BCUT2D eigenvalue weighted by Gasteiger charge is 2.13. The standard InChI is InChI=1S/C18H18O6/c1-11-10-15(8-9-16(11)18(20)22-3)23-17(19)14-6-4-13(5-7-14)12(2)24-21/h4-10,12,21H,1-3H3. The molecule has 0 aromatic heterocycles. The number of hydrogen-bond donors (Lipinski definition) is 1. The van der Waals surface area contributed by atoms with Crippen molar-refractivity contribution in [3.8, 4) is 5.75 Å². The Labute approximate surface area is 139 Å². The Morgan fingerprint density at radius 3 is 2.25 bits per heavy atom. The van der Waals surface area contributed by atoms with Crippen LogP contribution in [0.15, 0.2) is 42.5 Å². The van der Waals surface area contributed by atoms with Crippen LogP contribution in [0.1, 0.15) is 44.9 Å². The van der Waals surface area contributed by atoms with Crippen molar-refractivity contribution in [1.82, 2.24) is 0 Å². The summed E-state index contributed by atoms with van der Waals surface area (Å²) in [5.41, 5.74) is 2.15. The lowest BCUT2D eigenvalue weighted by molar-refractivity contribution is -0.277. The quantitative estimate of drug-likeness (QED) is 0.391. The van der Waals surface area contributed by atoms with E-state index in [1.165, 1.54) is 13.2 Å². The van der Waals surface area contributed by atoms with Crippen LogP contribution in [0.25, 0.3) is 0 Å². The fraction of sp³-hybridized carbons (Fsp3) is 0.222. The van der Waals surface area contributed by atoms with E-state index in [9.17, 15) is 9.59 Å². The van der Waals surface area contributed by atoms with E-state index in [2.05, 4.69) is 9.62 Å². The Hall–Kier alpha value is -2.70. The molecule has 24 heavy (non-hydrogen) atoms. The Kier molecular flexibility index (Phi) is 5.68. The van der Waals surface area contributed by atoms with Crippen molar-refractivity contribution in [3.63, 3.8) is 0 Å². The molecule has 2 aromatic carbocycles. The van der Waals surface area contributed by atoms with Crippen LogP contribution in [-0.4, -0.2) is 24.3 Å². The Bertz CT molecular complexity index is 736. The second-order valence-corrected chi connectivity index (χ2v) is 5.23. The molecule has 0 aliphatic carbocycles. The molecule has 0 spiro atoms. The van der Waals surface area contributed by atoms with Gasteiger partial charge in [0.05, 0.1) is 18.2 Å². The van der Waals surface area contributed by atoms with Crippen LogP contribution in [-0.2, 0) is 9.62 Å². The van der Waals surface area contributed by atoms with E-state index in [4.69, 9.17) is 9.99 Å². The topological polar surface area (TPSA) is 82.1 Å². The minimum Gasteiger partial charge on any atom is -0.465 e. The number of carbonyl (C=O) groups excluding carboxylic acids is 2. The molecule has 126 valence electrons. The van der Waals surface area contributed by atoms with Crippen molar-refractivity contribution in [2.45, 2.75) is 20.0 Å². The van der Waals surface area contributed by atoms with Crippen LogP contribution in [0.2, 0.25) is 0 Å². The molecule has 2 rings (SSSR count). The highest BCUT2D eigenvalue weighted by molar-refractivity contribution is 5.92. The van der Waals surface area contributed by atoms with Gasteiger partial charge in [-0.2, -0.15) is 0 Å². The van der Waals surface area contributed by atoms with Gasteiger partial charge in [0.25, 0.3) is 0 Å². The first-order valence-electron chi connectivity index (χ1n) is 7.27. The summed E-state index contributed by atoms with van der Waals surface area (Å²) in [5.74, 6) is -0.633. The average Bonchev–Trinajstić information content (AvgIpc) is 2.60. The number of esters is 2. The fourth-order valence-electron chi connectivity index (χ4n) is 2.16. The predicted molar refractivity (Wildman–Crippen MR) is 86.0 cm³/mol. The lowest BCUT2D eigenvalue weighted by Gasteiger charge is -2.10. The lowest BCUT2D eigenvalue weighted by Crippen LogP contribution is -2.10. The molecule has 1 unspecified atom stereocenters. The van der Waals surface area contributed by atoms with Gasteiger partial charge >= 0.3 is 11.9 Å². The maximum Gasteiger partial charge on any atom is 0.343 e. The Balaban J connectivity index is 2.12. The second kappa shape index (κ2) is 7.72. The Morgan fingerprint density at radius 2 is 1.71 bits per heavy atom. The molecule has 2 aromatic rings. The third kappa shape index (κ3) is 3.98. The third-order valence-corrected chi connectivity index (χ3v) is 3.59. The summed E-state index contributed by atoms with van der Waals surface area (Å²) >= 11 is 0. The molecular weight excluding hydrogens is 312 g/mol. The summed E-state index contributed by atoms with van der Waals surface area (Å²) in [4.78, 5) is 27.9. The fourth-order valence-corrected chi connectivity index (χ4v) is 2.16. The molecule has 6 nitrogen and oxygen atoms in total. The summed E-state index contributed by atoms with van der Waals surface area (Å²) in [6, 6.07) is 11.2. The molecule has 0 saturated heterocycles. The van der Waals surface area contributed by atoms with Crippen LogP contribution >= 0.6 is 0 Å². The van der Waals surface area contributed by atoms with Crippen molar-refractivity contribution in [3.05, 3.63) is 64.7 Å². The van der Waals surface area contributed by atoms with E-state index in [0.29, 0.717) is 22.4 Å². The van der Waals surface area contributed by atoms with Crippen molar-refractivity contribution in [1.29, 1.82) is 0 Å². The van der Waals surface area contributed by atoms with Crippen LogP contribution < -0.4 is 4.74 Å². The number of rotatable bonds is 5. The maximum atomic E-state index is 12.2. The zero-order chi connectivity index (χ0) is 17.7. The number of aryl methyl sites for hydroxylation is 1. The van der Waals surface area contributed by atoms with Gasteiger partial charge in [-0.15, -0.1) is 0 Å². The first kappa shape index (κ1) is 17.7. The van der Waals surface area contributed by atoms with Crippen LogP contribution in [0.3, 0.4) is 0 Å². The van der Waals surface area contributed by atoms with Gasteiger partial charge in [0.15, 0.2) is 0 Å². The minimum absolute atomic E-state index is 0.335. The van der Waals surface area contributed by atoms with Gasteiger partial charge in [-0.1, -0.05) is 12.1 Å². The molecular formula is C18H18O6. The molecule has 0 amide bonds. The largest absolute Gasteiger partial charge is 0.465 e. The van der Waals surface area contributed by atoms with Gasteiger partial charge in [0, 0.05) is 0 Å². The summed E-state index contributed by atoms with van der Waals surface area (Å²) in [6.07, 6.45) is -0.483. The third-order valence-electron chi connectivity index (χ3n) is 3.59. The van der Waals surface area contributed by atoms with Gasteiger partial charge in [-0.05, 0) is 55.3 Å². The molecule has 1 atom stereocenters. The smallest absolute Gasteiger partial charge is 0.343 e. The maximum absolute atomic E-state index is 12.2. The molecule has 0 saturated carbocycles. The Morgan fingerprint density at radius 1 is 1.04 bits per heavy atom. The van der Waals surface area contributed by atoms with Crippen molar-refractivity contribution in [2.75, 3.05) is 7.11 Å². The normalized spacial score (nSPS) is 11.7. The molecule has 0 aliphatic heterocycles. The minimum atomic E-state index is -0.524. The summed E-state index contributed by atoms with van der Waals surface area (Å²) < 4.78 is 9.98. The van der Waals surface area contributed by atoms with Gasteiger partial charge in [-0.3, -0.25) is 5.26 Å². The number of benzene rings is 2. The molecule has 0 radical (unpaired) electrons. The second-order valence-electron chi connectivity index (χ2n) is 5.23. The van der Waals surface area contributed by atoms with Crippen molar-refractivity contribution >= 4 is 11.9 Å². The number of ether oxygens (including phenoxy) is 2. The predicted octanol–water partition coefficient (Wildman–Crippen LogP) is 3.55. The van der Waals surface area contributed by atoms with Crippen LogP contribution in [0.4, 0.5) is 0 Å². The number of carbonyl (C=O) groups is 2. The molecule has 1 N–H and O–H groups in total. The van der Waals surface area contributed by atoms with E-state index in [1.54, 1.807) is 50.2 Å². The van der Waals surface area contributed by atoms with Gasteiger partial charge in [-0.25, -0.2) is 14.5 Å². The van der Waals surface area contributed by atoms with Gasteiger partial charge in [0.2, 0.25) is 0 Å². The molecule has 0 aliphatic rings. The van der Waals surface area contributed by atoms with Crippen LogP contribution in [0.5, 0.6) is 5.75 Å². The lowest BCUT2D eigenvalue weighted by atomic mass is 10.1. The van der Waals surface area contributed by atoms with E-state index in [0.717, 1.165) is 5.56 Å². The van der Waals surface area contributed by atoms with Gasteiger partial charge < -0.3 is 9.47 Å². The van der Waals surface area contributed by atoms with E-state index < -0.39 is 18.0 Å². The van der Waals surface area contributed by atoms with Crippen molar-refractivity contribution < 1.29 is 29.2 Å². The molecule has 6 heteroatoms. The summed E-state index contributed by atoms with van der Waals surface area (Å²) in [7, 11) is 1.31. The highest BCUT2D eigenvalue weighted by Crippen LogP contribution is 2.20. The first-order chi connectivity index (χ1) is 11.5. The SMILES string of the molecule is COC(=O)c1ccc(OC(=O)c2ccc(C(C)OO)cc2)cc1C. The molecule has 0 bridgehead atoms. The van der Waals surface area contributed by atoms with E-state index in [1.807, 2.05) is 0 Å².